The van der Waals surface area contributed by atoms with Gasteiger partial charge in [0.2, 0.25) is 0 Å². The number of likely N-dealkylation sites (tertiary alicyclic amines) is 2. The van der Waals surface area contributed by atoms with E-state index in [2.05, 4.69) is 97.5 Å². The van der Waals surface area contributed by atoms with Crippen LogP contribution in [-0.2, 0) is 32.8 Å². The summed E-state index contributed by atoms with van der Waals surface area (Å²) in [5, 5.41) is 19.7. The van der Waals surface area contributed by atoms with Gasteiger partial charge in [0.25, 0.3) is 0 Å². The summed E-state index contributed by atoms with van der Waals surface area (Å²) >= 11 is 0. The van der Waals surface area contributed by atoms with Crippen LogP contribution in [-0.4, -0.2) is 105 Å². The van der Waals surface area contributed by atoms with Crippen molar-refractivity contribution >= 4 is 34.3 Å². The number of benzene rings is 6. The molecular formula is C66H73N9O7. The number of H-pyrrole nitrogens is 2. The number of imidazole rings is 2. The van der Waals surface area contributed by atoms with E-state index in [1.165, 1.54) is 21.6 Å². The van der Waals surface area contributed by atoms with Crippen molar-refractivity contribution in [2.45, 2.75) is 95.9 Å². The van der Waals surface area contributed by atoms with Crippen LogP contribution in [0.3, 0.4) is 0 Å². The Hall–Kier alpha value is -8.73. The van der Waals surface area contributed by atoms with Crippen LogP contribution in [0.4, 0.5) is 9.59 Å². The average molecular weight is 1100 g/mol. The van der Waals surface area contributed by atoms with E-state index >= 15 is 0 Å². The first-order valence-electron chi connectivity index (χ1n) is 28.7. The normalized spacial score (nSPS) is 17.2. The van der Waals surface area contributed by atoms with E-state index in [9.17, 15) is 29.4 Å². The standard InChI is InChI=1S/C37H40N4O4.C29H33N5O3/c42-36-38-34-18-7-8-19-35(34)41(36)32-20-22-40(37(43)44)31(24-32)16-10-21-39(25-28-11-3-1-4-12-28)26-30-15-9-17-33(23-30)45-27-29-13-5-2-6-14-29;35-28-31-25-13-4-5-14-27(25)34(28)26-15-18-33(29(36)37)20-23(26)11-8-17-32(19-22-9-2-1-3-10-22)21-24-12-6-7-16-30-24/h1-9,11-15,17-19,23,31-32H,10,16,20-22,24-27H2,(H,38,42)(H,43,44);1-7,9-10,12-14,16,23,26H,8,11,15,17-21H2,(H,31,35)(H,36,37)/t31-,32?;/m0./s1. The SMILES string of the molecule is O=C(O)N1CCC(n2c(=O)[nH]c3ccccc32)C(CCCN(Cc2ccccc2)Cc2ccccn2)C1.O=C(O)N1CCC(n2c(=O)[nH]c3ccccc32)C[C@@H]1CCCN(Cc1ccccc1)Cc1cccc(OCc2ccccc2)c1. The number of carboxylic acid groups (broad SMARTS) is 2. The zero-order chi connectivity index (χ0) is 56.6. The Kier molecular flexibility index (Phi) is 19.0. The number of hydrogen-bond acceptors (Lipinski definition) is 8. The Labute approximate surface area is 477 Å². The molecule has 0 spiro atoms. The van der Waals surface area contributed by atoms with Crippen LogP contribution >= 0.6 is 0 Å². The number of pyridine rings is 1. The molecule has 424 valence electrons. The maximum atomic E-state index is 12.9. The second kappa shape index (κ2) is 27.6. The molecule has 82 heavy (non-hydrogen) atoms. The van der Waals surface area contributed by atoms with Crippen LogP contribution in [0.25, 0.3) is 22.1 Å². The molecular weight excluding hydrogens is 1030 g/mol. The predicted octanol–water partition coefficient (Wildman–Crippen LogP) is 11.8. The summed E-state index contributed by atoms with van der Waals surface area (Å²) in [7, 11) is 0. The summed E-state index contributed by atoms with van der Waals surface area (Å²) in [6.07, 6.45) is 5.18. The Morgan fingerprint density at radius 3 is 1.77 bits per heavy atom. The zero-order valence-electron chi connectivity index (χ0n) is 46.3. The lowest BCUT2D eigenvalue weighted by Crippen LogP contribution is -2.47. The fourth-order valence-electron chi connectivity index (χ4n) is 12.1. The summed E-state index contributed by atoms with van der Waals surface area (Å²) in [6.45, 7) is 6.56. The molecule has 3 aromatic heterocycles. The molecule has 16 nitrogen and oxygen atoms in total. The number of para-hydroxylation sites is 4. The van der Waals surface area contributed by atoms with Gasteiger partial charge < -0.3 is 34.7 Å². The fraction of sp³-hybridized carbons (Fsp3) is 0.318. The van der Waals surface area contributed by atoms with Crippen LogP contribution in [0.2, 0.25) is 0 Å². The van der Waals surface area contributed by atoms with E-state index in [0.29, 0.717) is 45.5 Å². The molecule has 6 aromatic carbocycles. The maximum absolute atomic E-state index is 12.9. The maximum Gasteiger partial charge on any atom is 0.407 e. The van der Waals surface area contributed by atoms with Gasteiger partial charge in [-0.15, -0.1) is 0 Å². The smallest absolute Gasteiger partial charge is 0.407 e. The fourth-order valence-corrected chi connectivity index (χ4v) is 12.1. The van der Waals surface area contributed by atoms with E-state index in [0.717, 1.165) is 104 Å². The molecule has 4 N–H and O–H groups in total. The lowest BCUT2D eigenvalue weighted by Gasteiger charge is -2.38. The highest BCUT2D eigenvalue weighted by molar-refractivity contribution is 5.76. The molecule has 11 rings (SSSR count). The van der Waals surface area contributed by atoms with Crippen LogP contribution in [0.15, 0.2) is 198 Å². The third-order valence-electron chi connectivity index (χ3n) is 16.1. The first-order valence-corrected chi connectivity index (χ1v) is 28.7. The van der Waals surface area contributed by atoms with Crippen molar-refractivity contribution in [1.82, 2.24) is 43.7 Å². The van der Waals surface area contributed by atoms with Gasteiger partial charge >= 0.3 is 23.6 Å². The lowest BCUT2D eigenvalue weighted by atomic mass is 9.87. The number of aromatic nitrogens is 5. The van der Waals surface area contributed by atoms with Gasteiger partial charge in [-0.3, -0.25) is 23.9 Å². The predicted molar refractivity (Wildman–Crippen MR) is 320 cm³/mol. The van der Waals surface area contributed by atoms with Crippen molar-refractivity contribution in [2.75, 3.05) is 32.7 Å². The molecule has 9 aromatic rings. The molecule has 2 aliphatic heterocycles. The number of piperidine rings is 2. The van der Waals surface area contributed by atoms with Crippen molar-refractivity contribution < 1.29 is 24.5 Å². The minimum Gasteiger partial charge on any atom is -0.489 e. The van der Waals surface area contributed by atoms with Gasteiger partial charge in [0.05, 0.1) is 27.8 Å². The number of nitrogens with zero attached hydrogens (tertiary/aromatic N) is 7. The molecule has 0 aliphatic carbocycles. The Balaban J connectivity index is 0.000000187. The Morgan fingerprint density at radius 2 is 1.13 bits per heavy atom. The number of aromatic amines is 2. The number of carbonyl (C=O) groups is 2. The molecule has 0 bridgehead atoms. The van der Waals surface area contributed by atoms with Gasteiger partial charge in [-0.1, -0.05) is 133 Å². The van der Waals surface area contributed by atoms with Gasteiger partial charge in [0.1, 0.15) is 12.4 Å². The summed E-state index contributed by atoms with van der Waals surface area (Å²) in [4.78, 5) is 68.2. The topological polar surface area (TPSA) is 185 Å². The second-order valence-corrected chi connectivity index (χ2v) is 21.7. The molecule has 2 saturated heterocycles. The quantitative estimate of drug-likeness (QED) is 0.0540. The van der Waals surface area contributed by atoms with E-state index in [-0.39, 0.29) is 35.4 Å². The molecule has 0 radical (unpaired) electrons. The Morgan fingerprint density at radius 1 is 0.573 bits per heavy atom. The van der Waals surface area contributed by atoms with Gasteiger partial charge in [0.15, 0.2) is 0 Å². The minimum absolute atomic E-state index is 0.0439. The van der Waals surface area contributed by atoms with Crippen molar-refractivity contribution in [3.8, 4) is 5.75 Å². The number of ether oxygens (including phenoxy) is 1. The lowest BCUT2D eigenvalue weighted by molar-refractivity contribution is 0.0853. The average Bonchev–Trinajstić information content (AvgIpc) is 3.90. The molecule has 3 unspecified atom stereocenters. The summed E-state index contributed by atoms with van der Waals surface area (Å²) in [5.74, 6) is 0.893. The summed E-state index contributed by atoms with van der Waals surface area (Å²) < 4.78 is 9.78. The van der Waals surface area contributed by atoms with Crippen molar-refractivity contribution in [2.24, 2.45) is 5.92 Å². The van der Waals surface area contributed by atoms with E-state index in [4.69, 9.17) is 4.74 Å². The number of hydrogen-bond donors (Lipinski definition) is 4. The number of rotatable bonds is 21. The third-order valence-corrected chi connectivity index (χ3v) is 16.1. The summed E-state index contributed by atoms with van der Waals surface area (Å²) in [5.41, 5.74) is 8.93. The van der Waals surface area contributed by atoms with Gasteiger partial charge in [-0.2, -0.15) is 0 Å². The molecule has 2 amide bonds. The van der Waals surface area contributed by atoms with E-state index < -0.39 is 12.2 Å². The summed E-state index contributed by atoms with van der Waals surface area (Å²) in [6, 6.07) is 60.4. The van der Waals surface area contributed by atoms with E-state index in [1.54, 1.807) is 4.90 Å². The monoisotopic (exact) mass is 1100 g/mol. The third kappa shape index (κ3) is 14.8. The van der Waals surface area contributed by atoms with Crippen LogP contribution in [0.1, 0.15) is 85.0 Å². The highest BCUT2D eigenvalue weighted by atomic mass is 16.5. The van der Waals surface area contributed by atoms with Crippen molar-refractivity contribution in [3.63, 3.8) is 0 Å². The van der Waals surface area contributed by atoms with E-state index in [1.807, 2.05) is 125 Å². The highest BCUT2D eigenvalue weighted by Gasteiger charge is 2.35. The number of nitrogens with one attached hydrogen (secondary N) is 2. The van der Waals surface area contributed by atoms with Crippen LogP contribution in [0, 0.1) is 5.92 Å². The van der Waals surface area contributed by atoms with Crippen LogP contribution in [0.5, 0.6) is 5.75 Å². The highest BCUT2D eigenvalue weighted by Crippen LogP contribution is 2.34. The van der Waals surface area contributed by atoms with Gasteiger partial charge in [0, 0.05) is 70.1 Å². The molecule has 5 heterocycles. The van der Waals surface area contributed by atoms with Crippen LogP contribution < -0.4 is 16.1 Å². The molecule has 2 aliphatic rings. The van der Waals surface area contributed by atoms with Gasteiger partial charge in [-0.25, -0.2) is 19.2 Å². The first kappa shape index (κ1) is 56.5. The van der Waals surface area contributed by atoms with Crippen molar-refractivity contribution in [1.29, 1.82) is 0 Å². The first-order chi connectivity index (χ1) is 40.1. The van der Waals surface area contributed by atoms with Gasteiger partial charge in [-0.05, 0) is 135 Å². The zero-order valence-corrected chi connectivity index (χ0v) is 46.3. The molecule has 0 saturated carbocycles. The second-order valence-electron chi connectivity index (χ2n) is 21.7. The minimum atomic E-state index is -0.893. The molecule has 16 heteroatoms. The molecule has 4 atom stereocenters. The Bertz CT molecular complexity index is 3550. The number of fused-ring (bicyclic) bond motifs is 2. The number of amides is 2. The molecule has 2 fully saturated rings. The largest absolute Gasteiger partial charge is 0.489 e. The van der Waals surface area contributed by atoms with Crippen molar-refractivity contribution in [3.05, 3.63) is 237 Å².